The number of rotatable bonds is 15. The van der Waals surface area contributed by atoms with Crippen LogP contribution in [0.25, 0.3) is 198 Å². The number of nitrogens with zero attached hydrogens (tertiary/aromatic N) is 2. The molecule has 4 nitrogen and oxygen atoms in total. The van der Waals surface area contributed by atoms with Crippen LogP contribution in [0.4, 0.5) is 34.1 Å². The zero-order chi connectivity index (χ0) is 79.1. The molecule has 0 saturated carbocycles. The minimum absolute atomic E-state index is 0.875. The summed E-state index contributed by atoms with van der Waals surface area (Å²) in [4.78, 5) is 4.76. The number of benzene rings is 21. The molecule has 0 aliphatic heterocycles. The maximum Gasteiger partial charge on any atom is 0.143 e. The SMILES string of the molecule is c1ccc(-c2cccc(N(c3ccc(-c4ccc(-c5ccc(-c6ccc7cc(-c8ccc(N(c9ccc(-c%10ccc(-c%11cccc%12ccccc%11%12)cc%10)cc9)c9cccc(-c%10cccc%11oc%12c%13ccccc%13ccc%12c%10%11)c9)cc8)ccc7c6)c6ccccc56)cc4)cc3)c3cccc(-c4cccc5oc6c7ccccc7ccc6c45)c3)c2)cc1. The second-order valence-electron chi connectivity index (χ2n) is 31.4. The normalized spacial score (nSPS) is 11.7. The van der Waals surface area contributed by atoms with Crippen molar-refractivity contribution in [2.24, 2.45) is 0 Å². The van der Waals surface area contributed by atoms with Gasteiger partial charge in [-0.1, -0.05) is 340 Å². The van der Waals surface area contributed by atoms with Gasteiger partial charge >= 0.3 is 0 Å². The first kappa shape index (κ1) is 69.6. The molecule has 21 aromatic carbocycles. The lowest BCUT2D eigenvalue weighted by atomic mass is 9.90. The minimum Gasteiger partial charge on any atom is -0.455 e. The Bertz CT molecular complexity index is 7930. The summed E-state index contributed by atoms with van der Waals surface area (Å²) in [5.41, 5.74) is 30.8. The van der Waals surface area contributed by atoms with Crippen LogP contribution in [0.1, 0.15) is 0 Å². The number of hydrogen-bond acceptors (Lipinski definition) is 4. The second-order valence-corrected chi connectivity index (χ2v) is 31.4. The molecule has 23 aromatic rings. The predicted octanol–water partition coefficient (Wildman–Crippen LogP) is 33.2. The molecule has 0 fully saturated rings. The molecule has 560 valence electrons. The van der Waals surface area contributed by atoms with Crippen LogP contribution in [0.2, 0.25) is 0 Å². The van der Waals surface area contributed by atoms with E-state index >= 15 is 0 Å². The van der Waals surface area contributed by atoms with Gasteiger partial charge in [-0.15, -0.1) is 0 Å². The predicted molar refractivity (Wildman–Crippen MR) is 507 cm³/mol. The van der Waals surface area contributed by atoms with Crippen LogP contribution in [-0.2, 0) is 0 Å². The number of anilines is 6. The van der Waals surface area contributed by atoms with E-state index in [4.69, 9.17) is 8.83 Å². The Labute approximate surface area is 694 Å². The molecular weight excluding hydrogens is 1450 g/mol. The Hall–Kier alpha value is -15.9. The van der Waals surface area contributed by atoms with Gasteiger partial charge in [0.2, 0.25) is 0 Å². The van der Waals surface area contributed by atoms with Crippen molar-refractivity contribution in [1.82, 2.24) is 0 Å². The fraction of sp³-hybridized carbons (Fsp3) is 0. The zero-order valence-electron chi connectivity index (χ0n) is 65.4. The van der Waals surface area contributed by atoms with Gasteiger partial charge < -0.3 is 18.6 Å². The Morgan fingerprint density at radius 2 is 0.433 bits per heavy atom. The maximum atomic E-state index is 6.71. The van der Waals surface area contributed by atoms with E-state index in [1.54, 1.807) is 0 Å². The molecule has 23 rings (SSSR count). The second kappa shape index (κ2) is 29.1. The molecule has 0 saturated heterocycles. The van der Waals surface area contributed by atoms with Gasteiger partial charge in [-0.2, -0.15) is 0 Å². The molecule has 0 bridgehead atoms. The van der Waals surface area contributed by atoms with Crippen LogP contribution in [0.15, 0.2) is 458 Å². The van der Waals surface area contributed by atoms with Gasteiger partial charge in [0, 0.05) is 66.4 Å². The average Bonchev–Trinajstić information content (AvgIpc) is 1.60. The van der Waals surface area contributed by atoms with Crippen molar-refractivity contribution in [2.45, 2.75) is 0 Å². The van der Waals surface area contributed by atoms with E-state index in [2.05, 4.69) is 459 Å². The van der Waals surface area contributed by atoms with Crippen molar-refractivity contribution in [3.8, 4) is 100 Å². The highest BCUT2D eigenvalue weighted by Gasteiger charge is 2.23. The van der Waals surface area contributed by atoms with Crippen LogP contribution in [-0.4, -0.2) is 0 Å². The van der Waals surface area contributed by atoms with Gasteiger partial charge in [-0.05, 0) is 252 Å². The fourth-order valence-corrected chi connectivity index (χ4v) is 18.5. The van der Waals surface area contributed by atoms with Crippen LogP contribution < -0.4 is 9.80 Å². The van der Waals surface area contributed by atoms with E-state index in [9.17, 15) is 0 Å². The standard InChI is InChI=1S/C116H74N2O2/c1-2-18-75(19-3-1)86-24-12-27-96(72-86)118(98-29-14-26-91(74-98)104-37-17-39-112-114(104)110-67-59-83-22-6-9-32-106(83)116(110)120-112)95-62-54-79(55-63-95)77-42-46-85(47-43-77)101-68-69-102(108-34-11-10-33-107(101)108)92-51-50-88-70-87(48-49-89(88)71-92)80-56-64-94(65-57-80)117(93-60-52-78(53-61-93)76-40-44-84(45-41-76)100-35-15-23-81-20-4-7-30-99(81)100)97-28-13-25-90(73-97)103-36-16-38-111-113(103)109-66-58-82-21-5-8-31-105(82)115(109)119-111/h1-74H. The van der Waals surface area contributed by atoms with Crippen LogP contribution in [0.3, 0.4) is 0 Å². The van der Waals surface area contributed by atoms with E-state index in [0.29, 0.717) is 0 Å². The molecule has 0 radical (unpaired) electrons. The van der Waals surface area contributed by atoms with Gasteiger partial charge in [-0.3, -0.25) is 0 Å². The van der Waals surface area contributed by atoms with Crippen molar-refractivity contribution in [3.63, 3.8) is 0 Å². The van der Waals surface area contributed by atoms with Gasteiger partial charge in [0.05, 0.1) is 0 Å². The van der Waals surface area contributed by atoms with E-state index in [1.165, 1.54) is 76.8 Å². The highest BCUT2D eigenvalue weighted by atomic mass is 16.3. The molecule has 0 aliphatic carbocycles. The summed E-state index contributed by atoms with van der Waals surface area (Å²) in [5.74, 6) is 0. The third-order valence-corrected chi connectivity index (χ3v) is 24.4. The minimum atomic E-state index is 0.875. The van der Waals surface area contributed by atoms with E-state index < -0.39 is 0 Å². The van der Waals surface area contributed by atoms with E-state index in [-0.39, 0.29) is 0 Å². The molecule has 2 aromatic heterocycles. The summed E-state index contributed by atoms with van der Waals surface area (Å²) < 4.78 is 13.4. The van der Waals surface area contributed by atoms with Crippen molar-refractivity contribution in [2.75, 3.05) is 9.80 Å². The first-order chi connectivity index (χ1) is 59.4. The van der Waals surface area contributed by atoms with Gasteiger partial charge in [-0.25, -0.2) is 0 Å². The monoisotopic (exact) mass is 1530 g/mol. The summed E-state index contributed by atoms with van der Waals surface area (Å²) >= 11 is 0. The topological polar surface area (TPSA) is 32.8 Å². The van der Waals surface area contributed by atoms with Crippen LogP contribution in [0, 0.1) is 0 Å². The van der Waals surface area contributed by atoms with E-state index in [0.717, 1.165) is 155 Å². The van der Waals surface area contributed by atoms with Crippen LogP contribution >= 0.6 is 0 Å². The summed E-state index contributed by atoms with van der Waals surface area (Å²) in [7, 11) is 0. The Kier molecular flexibility index (Phi) is 16.9. The van der Waals surface area contributed by atoms with Crippen molar-refractivity contribution >= 4 is 132 Å². The lowest BCUT2D eigenvalue weighted by Gasteiger charge is -2.27. The molecule has 0 spiro atoms. The lowest BCUT2D eigenvalue weighted by molar-refractivity contribution is 0.672. The summed E-state index contributed by atoms with van der Waals surface area (Å²) in [6, 6.07) is 164. The Morgan fingerprint density at radius 3 is 0.933 bits per heavy atom. The van der Waals surface area contributed by atoms with Gasteiger partial charge in [0.25, 0.3) is 0 Å². The molecule has 0 aliphatic rings. The fourth-order valence-electron chi connectivity index (χ4n) is 18.5. The quantitative estimate of drug-likeness (QED) is 0.102. The molecule has 2 heterocycles. The number of hydrogen-bond donors (Lipinski definition) is 0. The summed E-state index contributed by atoms with van der Waals surface area (Å²) in [6.07, 6.45) is 0. The van der Waals surface area contributed by atoms with Gasteiger partial charge in [0.1, 0.15) is 22.3 Å². The molecule has 0 atom stereocenters. The maximum absolute atomic E-state index is 6.71. The Balaban J connectivity index is 0.528. The summed E-state index contributed by atoms with van der Waals surface area (Å²) in [6.45, 7) is 0. The molecular formula is C116H74N2O2. The average molecular weight is 1530 g/mol. The first-order valence-corrected chi connectivity index (χ1v) is 41.1. The molecule has 0 unspecified atom stereocenters. The number of fused-ring (bicyclic) bond motifs is 13. The van der Waals surface area contributed by atoms with Crippen molar-refractivity contribution in [1.29, 1.82) is 0 Å². The summed E-state index contributed by atoms with van der Waals surface area (Å²) in [5, 5.41) is 16.3. The Morgan fingerprint density at radius 1 is 0.142 bits per heavy atom. The highest BCUT2D eigenvalue weighted by molar-refractivity contribution is 6.21. The molecule has 4 heteroatoms. The lowest BCUT2D eigenvalue weighted by Crippen LogP contribution is -2.10. The molecule has 0 N–H and O–H groups in total. The molecule has 0 amide bonds. The number of furan rings is 2. The first-order valence-electron chi connectivity index (χ1n) is 41.1. The van der Waals surface area contributed by atoms with Crippen molar-refractivity contribution < 1.29 is 8.83 Å². The van der Waals surface area contributed by atoms with Crippen LogP contribution in [0.5, 0.6) is 0 Å². The molecule has 120 heavy (non-hydrogen) atoms. The van der Waals surface area contributed by atoms with E-state index in [1.807, 2.05) is 0 Å². The third-order valence-electron chi connectivity index (χ3n) is 24.4. The smallest absolute Gasteiger partial charge is 0.143 e. The zero-order valence-corrected chi connectivity index (χ0v) is 65.4. The third kappa shape index (κ3) is 12.3. The highest BCUT2D eigenvalue weighted by Crippen LogP contribution is 2.48. The van der Waals surface area contributed by atoms with Crippen molar-refractivity contribution in [3.05, 3.63) is 449 Å². The van der Waals surface area contributed by atoms with Gasteiger partial charge in [0.15, 0.2) is 0 Å². The largest absolute Gasteiger partial charge is 0.455 e.